The highest BCUT2D eigenvalue weighted by Crippen LogP contribution is 2.36. The van der Waals surface area contributed by atoms with Gasteiger partial charge in [0.15, 0.2) is 0 Å². The van der Waals surface area contributed by atoms with Crippen molar-refractivity contribution in [2.45, 2.75) is 19.3 Å². The van der Waals surface area contributed by atoms with Crippen molar-refractivity contribution >= 4 is 44.7 Å². The molecular weight excluding hydrogens is 466 g/mol. The molecule has 6 nitrogen and oxygen atoms in total. The van der Waals surface area contributed by atoms with Crippen LogP contribution >= 0.6 is 11.3 Å². The quantitative estimate of drug-likeness (QED) is 0.239. The number of amides is 1. The molecule has 4 heterocycles. The molecule has 176 valence electrons. The van der Waals surface area contributed by atoms with Gasteiger partial charge in [-0.1, -0.05) is 24.6 Å². The second kappa shape index (κ2) is 8.46. The maximum atomic E-state index is 12.4. The monoisotopic (exact) mass is 489 g/mol. The standard InChI is InChI=1S/C29H23N5OS/c35-29(17-3-1-4-17)31-21-11-20(14-30-15-21)18-7-8-26-24(12-18)28(34-33-26)27-13-23-22(19-9-10-36-16-19)5-2-6-25(23)32-27/h2,5-17,32H,1,3-4H2,(H,31,35)(H,33,34). The van der Waals surface area contributed by atoms with Gasteiger partial charge in [0.25, 0.3) is 0 Å². The van der Waals surface area contributed by atoms with Crippen LogP contribution in [0.5, 0.6) is 0 Å². The first kappa shape index (κ1) is 21.1. The Morgan fingerprint density at radius 2 is 1.89 bits per heavy atom. The SMILES string of the molecule is O=C(Nc1cncc(-c2ccc3[nH]nc(-c4cc5c(-c6ccsc6)cccc5[nH]4)c3c2)c1)C1CCC1. The van der Waals surface area contributed by atoms with Crippen molar-refractivity contribution < 1.29 is 4.79 Å². The third-order valence-electron chi connectivity index (χ3n) is 7.13. The fourth-order valence-electron chi connectivity index (χ4n) is 4.93. The molecule has 36 heavy (non-hydrogen) atoms. The molecule has 2 aromatic carbocycles. The van der Waals surface area contributed by atoms with Crippen LogP contribution in [0.25, 0.3) is 55.4 Å². The number of nitrogens with one attached hydrogen (secondary N) is 3. The van der Waals surface area contributed by atoms with E-state index in [1.165, 1.54) is 16.5 Å². The molecule has 0 spiro atoms. The lowest BCUT2D eigenvalue weighted by atomic mass is 9.85. The average Bonchev–Trinajstić information content (AvgIpc) is 3.61. The van der Waals surface area contributed by atoms with Crippen molar-refractivity contribution in [2.75, 3.05) is 5.32 Å². The molecule has 7 rings (SSSR count). The topological polar surface area (TPSA) is 86.5 Å². The molecular formula is C29H23N5OS. The van der Waals surface area contributed by atoms with E-state index in [1.807, 2.05) is 18.3 Å². The molecule has 0 saturated heterocycles. The lowest BCUT2D eigenvalue weighted by molar-refractivity contribution is -0.122. The zero-order valence-corrected chi connectivity index (χ0v) is 20.2. The number of anilines is 1. The van der Waals surface area contributed by atoms with Gasteiger partial charge in [-0.3, -0.25) is 14.9 Å². The minimum atomic E-state index is 0.0911. The molecule has 3 N–H and O–H groups in total. The number of nitrogens with zero attached hydrogens (tertiary/aromatic N) is 2. The Morgan fingerprint density at radius 1 is 0.944 bits per heavy atom. The predicted octanol–water partition coefficient (Wildman–Crippen LogP) is 7.24. The van der Waals surface area contributed by atoms with Crippen molar-refractivity contribution in [3.8, 4) is 33.6 Å². The largest absolute Gasteiger partial charge is 0.353 e. The van der Waals surface area contributed by atoms with Crippen LogP contribution < -0.4 is 5.32 Å². The third-order valence-corrected chi connectivity index (χ3v) is 7.81. The molecule has 0 bridgehead atoms. The average molecular weight is 490 g/mol. The number of carbonyl (C=O) groups excluding carboxylic acids is 1. The minimum Gasteiger partial charge on any atom is -0.353 e. The Bertz CT molecular complexity index is 1730. The number of rotatable bonds is 5. The van der Waals surface area contributed by atoms with Gasteiger partial charge in [-0.25, -0.2) is 0 Å². The summed E-state index contributed by atoms with van der Waals surface area (Å²) >= 11 is 1.70. The lowest BCUT2D eigenvalue weighted by Crippen LogP contribution is -2.28. The van der Waals surface area contributed by atoms with Crippen molar-refractivity contribution in [1.29, 1.82) is 0 Å². The summed E-state index contributed by atoms with van der Waals surface area (Å²) in [4.78, 5) is 20.4. The van der Waals surface area contributed by atoms with Gasteiger partial charge in [-0.2, -0.15) is 16.4 Å². The smallest absolute Gasteiger partial charge is 0.227 e. The van der Waals surface area contributed by atoms with Crippen LogP contribution in [0.15, 0.2) is 77.8 Å². The van der Waals surface area contributed by atoms with Crippen LogP contribution in [0.1, 0.15) is 19.3 Å². The van der Waals surface area contributed by atoms with Crippen molar-refractivity contribution in [2.24, 2.45) is 5.92 Å². The number of aromatic amines is 2. The van der Waals surface area contributed by atoms with Gasteiger partial charge in [-0.05, 0) is 76.7 Å². The number of H-pyrrole nitrogens is 2. The van der Waals surface area contributed by atoms with E-state index in [1.54, 1.807) is 17.5 Å². The van der Waals surface area contributed by atoms with Gasteiger partial charge in [0.05, 0.1) is 23.1 Å². The van der Waals surface area contributed by atoms with Gasteiger partial charge in [0.2, 0.25) is 5.91 Å². The summed E-state index contributed by atoms with van der Waals surface area (Å²) in [6, 6.07) is 18.9. The highest BCUT2D eigenvalue weighted by atomic mass is 32.1. The van der Waals surface area contributed by atoms with E-state index < -0.39 is 0 Å². The van der Waals surface area contributed by atoms with E-state index >= 15 is 0 Å². The molecule has 0 aliphatic heterocycles. The molecule has 4 aromatic heterocycles. The minimum absolute atomic E-state index is 0.0911. The fourth-order valence-corrected chi connectivity index (χ4v) is 5.59. The van der Waals surface area contributed by atoms with E-state index in [-0.39, 0.29) is 11.8 Å². The summed E-state index contributed by atoms with van der Waals surface area (Å²) < 4.78 is 0. The van der Waals surface area contributed by atoms with Crippen LogP contribution in [0.3, 0.4) is 0 Å². The van der Waals surface area contributed by atoms with Gasteiger partial charge in [-0.15, -0.1) is 0 Å². The second-order valence-electron chi connectivity index (χ2n) is 9.37. The molecule has 0 atom stereocenters. The molecule has 1 amide bonds. The summed E-state index contributed by atoms with van der Waals surface area (Å²) in [5, 5.41) is 17.3. The van der Waals surface area contributed by atoms with E-state index in [0.717, 1.165) is 63.9 Å². The summed E-state index contributed by atoms with van der Waals surface area (Å²) in [6.45, 7) is 0. The van der Waals surface area contributed by atoms with Crippen molar-refractivity contribution in [1.82, 2.24) is 20.2 Å². The first-order valence-electron chi connectivity index (χ1n) is 12.1. The number of fused-ring (bicyclic) bond motifs is 2. The molecule has 1 aliphatic rings. The van der Waals surface area contributed by atoms with Crippen LogP contribution in [-0.4, -0.2) is 26.1 Å². The first-order valence-corrected chi connectivity index (χ1v) is 13.1. The zero-order valence-electron chi connectivity index (χ0n) is 19.4. The normalized spacial score (nSPS) is 13.8. The maximum absolute atomic E-state index is 12.4. The molecule has 1 aliphatic carbocycles. The molecule has 7 heteroatoms. The van der Waals surface area contributed by atoms with E-state index in [9.17, 15) is 4.79 Å². The maximum Gasteiger partial charge on any atom is 0.227 e. The Hall–Kier alpha value is -4.23. The van der Waals surface area contributed by atoms with Gasteiger partial charge in [0, 0.05) is 34.0 Å². The van der Waals surface area contributed by atoms with E-state index in [2.05, 4.69) is 78.7 Å². The van der Waals surface area contributed by atoms with Crippen molar-refractivity contribution in [3.05, 3.63) is 77.8 Å². The molecule has 0 unspecified atom stereocenters. The number of pyridine rings is 1. The summed E-state index contributed by atoms with van der Waals surface area (Å²) in [7, 11) is 0. The molecule has 1 saturated carbocycles. The Morgan fingerprint density at radius 3 is 2.72 bits per heavy atom. The van der Waals surface area contributed by atoms with Crippen molar-refractivity contribution in [3.63, 3.8) is 0 Å². The summed E-state index contributed by atoms with van der Waals surface area (Å²) in [5.41, 5.74) is 9.03. The highest BCUT2D eigenvalue weighted by Gasteiger charge is 2.25. The Balaban J connectivity index is 1.26. The number of benzene rings is 2. The number of hydrogen-bond acceptors (Lipinski definition) is 4. The number of hydrogen-bond donors (Lipinski definition) is 3. The third kappa shape index (κ3) is 3.60. The molecule has 6 aromatic rings. The van der Waals surface area contributed by atoms with E-state index in [4.69, 9.17) is 0 Å². The summed E-state index contributed by atoms with van der Waals surface area (Å²) in [6.07, 6.45) is 6.62. The van der Waals surface area contributed by atoms with E-state index in [0.29, 0.717) is 0 Å². The van der Waals surface area contributed by atoms with Crippen LogP contribution in [0.4, 0.5) is 5.69 Å². The van der Waals surface area contributed by atoms with Crippen LogP contribution in [0.2, 0.25) is 0 Å². The molecule has 1 fully saturated rings. The van der Waals surface area contributed by atoms with Crippen LogP contribution in [0, 0.1) is 5.92 Å². The van der Waals surface area contributed by atoms with Gasteiger partial charge in [0.1, 0.15) is 5.69 Å². The van der Waals surface area contributed by atoms with Gasteiger partial charge < -0.3 is 10.3 Å². The lowest BCUT2D eigenvalue weighted by Gasteiger charge is -2.24. The number of thiophene rings is 1. The highest BCUT2D eigenvalue weighted by molar-refractivity contribution is 7.08. The Labute approximate surface area is 211 Å². The Kier molecular flexibility index (Phi) is 4.96. The first-order chi connectivity index (χ1) is 17.7. The predicted molar refractivity (Wildman–Crippen MR) is 146 cm³/mol. The zero-order chi connectivity index (χ0) is 24.1. The number of aromatic nitrogens is 4. The van der Waals surface area contributed by atoms with Gasteiger partial charge >= 0.3 is 0 Å². The fraction of sp³-hybridized carbons (Fsp3) is 0.138. The van der Waals surface area contributed by atoms with Crippen LogP contribution in [-0.2, 0) is 4.79 Å². The molecule has 0 radical (unpaired) electrons. The second-order valence-corrected chi connectivity index (χ2v) is 10.2. The summed E-state index contributed by atoms with van der Waals surface area (Å²) in [5.74, 6) is 0.225. The number of carbonyl (C=O) groups is 1.